The van der Waals surface area contributed by atoms with E-state index in [-0.39, 0.29) is 31.1 Å². The van der Waals surface area contributed by atoms with Crippen molar-refractivity contribution in [3.63, 3.8) is 0 Å². The van der Waals surface area contributed by atoms with E-state index in [9.17, 15) is 14.4 Å². The van der Waals surface area contributed by atoms with Crippen LogP contribution in [0.4, 0.5) is 0 Å². The van der Waals surface area contributed by atoms with Gasteiger partial charge in [-0.2, -0.15) is 0 Å². The predicted octanol–water partition coefficient (Wildman–Crippen LogP) is 22.9. The van der Waals surface area contributed by atoms with E-state index in [0.717, 1.165) is 186 Å². The number of allylic oxidation sites excluding steroid dienone is 26. The van der Waals surface area contributed by atoms with Crippen LogP contribution in [-0.4, -0.2) is 37.2 Å². The van der Waals surface area contributed by atoms with Gasteiger partial charge in [-0.3, -0.25) is 14.4 Å². The second-order valence-electron chi connectivity index (χ2n) is 21.3. The molecule has 6 heteroatoms. The zero-order valence-electron chi connectivity index (χ0n) is 52.2. The SMILES string of the molecule is CC/C=C\C/C=C\C/C=C\C/C=C\C/C=C\CCCCCCCC(=O)OCC(COC(=O)CCCCCCCC/C=C\C/C=C\C/C=C\CCCCCCC)OC(=O)CCCCCCC/C=C\C/C=C\C/C=C\C/C=C\C/C=C\CC. The molecule has 0 aliphatic heterocycles. The molecule has 6 nitrogen and oxygen atoms in total. The van der Waals surface area contributed by atoms with Crippen LogP contribution in [0.3, 0.4) is 0 Å². The molecule has 0 bridgehead atoms. The van der Waals surface area contributed by atoms with Crippen LogP contribution in [0.15, 0.2) is 158 Å². The van der Waals surface area contributed by atoms with Crippen LogP contribution in [0.2, 0.25) is 0 Å². The first kappa shape index (κ1) is 76.0. The summed E-state index contributed by atoms with van der Waals surface area (Å²) in [6.45, 7) is 6.36. The fraction of sp³-hybridized carbons (Fsp3) is 0.613. The van der Waals surface area contributed by atoms with E-state index >= 15 is 0 Å². The average Bonchev–Trinajstić information content (AvgIpc) is 3.47. The third-order valence-corrected chi connectivity index (χ3v) is 13.5. The van der Waals surface area contributed by atoms with E-state index in [1.165, 1.54) is 51.4 Å². The minimum atomic E-state index is -0.813. The highest BCUT2D eigenvalue weighted by Crippen LogP contribution is 2.14. The molecule has 456 valence electrons. The summed E-state index contributed by atoms with van der Waals surface area (Å²) in [5.41, 5.74) is 0. The number of hydrogen-bond donors (Lipinski definition) is 0. The topological polar surface area (TPSA) is 78.9 Å². The van der Waals surface area contributed by atoms with Crippen LogP contribution < -0.4 is 0 Å². The molecule has 0 aromatic rings. The number of unbranched alkanes of at least 4 members (excludes halogenated alkanes) is 21. The first-order valence-electron chi connectivity index (χ1n) is 33.0. The van der Waals surface area contributed by atoms with Crippen molar-refractivity contribution in [2.45, 2.75) is 284 Å². The minimum Gasteiger partial charge on any atom is -0.462 e. The first-order chi connectivity index (χ1) is 40.0. The monoisotopic (exact) mass is 1120 g/mol. The first-order valence-corrected chi connectivity index (χ1v) is 33.0. The van der Waals surface area contributed by atoms with Gasteiger partial charge in [-0.05, 0) is 148 Å². The van der Waals surface area contributed by atoms with E-state index in [1.807, 2.05) is 0 Å². The fourth-order valence-electron chi connectivity index (χ4n) is 8.62. The van der Waals surface area contributed by atoms with Gasteiger partial charge in [0.25, 0.3) is 0 Å². The van der Waals surface area contributed by atoms with Gasteiger partial charge in [0.1, 0.15) is 13.2 Å². The maximum atomic E-state index is 12.9. The Labute approximate surface area is 499 Å². The lowest BCUT2D eigenvalue weighted by atomic mass is 10.1. The Kier molecular flexibility index (Phi) is 63.4. The van der Waals surface area contributed by atoms with Crippen molar-refractivity contribution in [3.8, 4) is 0 Å². The van der Waals surface area contributed by atoms with Crippen molar-refractivity contribution in [2.75, 3.05) is 13.2 Å². The molecule has 1 unspecified atom stereocenters. The molecule has 0 aromatic carbocycles. The molecule has 0 fully saturated rings. The van der Waals surface area contributed by atoms with Crippen LogP contribution in [-0.2, 0) is 28.6 Å². The smallest absolute Gasteiger partial charge is 0.306 e. The second kappa shape index (κ2) is 67.5. The molecule has 1 atom stereocenters. The highest BCUT2D eigenvalue weighted by Gasteiger charge is 2.19. The van der Waals surface area contributed by atoms with Crippen molar-refractivity contribution < 1.29 is 28.6 Å². The van der Waals surface area contributed by atoms with Crippen molar-refractivity contribution in [2.24, 2.45) is 0 Å². The van der Waals surface area contributed by atoms with Gasteiger partial charge in [-0.15, -0.1) is 0 Å². The molecule has 0 saturated heterocycles. The Hall–Kier alpha value is -4.97. The summed E-state index contributed by atoms with van der Waals surface area (Å²) in [5.74, 6) is -0.956. The van der Waals surface area contributed by atoms with Gasteiger partial charge in [-0.25, -0.2) is 0 Å². The Bertz CT molecular complexity index is 1810. The van der Waals surface area contributed by atoms with E-state index < -0.39 is 6.10 Å². The lowest BCUT2D eigenvalue weighted by Gasteiger charge is -2.18. The lowest BCUT2D eigenvalue weighted by molar-refractivity contribution is -0.167. The molecule has 0 aliphatic carbocycles. The van der Waals surface area contributed by atoms with E-state index in [0.29, 0.717) is 19.3 Å². The summed E-state index contributed by atoms with van der Waals surface area (Å²) < 4.78 is 16.9. The van der Waals surface area contributed by atoms with E-state index in [4.69, 9.17) is 14.2 Å². The average molecular weight is 1120 g/mol. The molecule has 0 aromatic heterocycles. The quantitative estimate of drug-likeness (QED) is 0.0261. The van der Waals surface area contributed by atoms with E-state index in [1.54, 1.807) is 0 Å². The van der Waals surface area contributed by atoms with Crippen molar-refractivity contribution in [3.05, 3.63) is 158 Å². The summed E-state index contributed by atoms with van der Waals surface area (Å²) in [5, 5.41) is 0. The third kappa shape index (κ3) is 65.7. The number of hydrogen-bond acceptors (Lipinski definition) is 6. The van der Waals surface area contributed by atoms with Gasteiger partial charge in [0, 0.05) is 19.3 Å². The highest BCUT2D eigenvalue weighted by atomic mass is 16.6. The standard InChI is InChI=1S/C75H120O6/c1-4-7-10-13-16-19-22-25-28-31-34-37-40-43-46-49-52-55-58-61-64-67-73(76)79-70-72(81-75(78)69-66-63-60-57-54-51-48-45-42-39-36-33-30-27-24-21-18-15-12-9-6-3)71-80-74(77)68-65-62-59-56-53-50-47-44-41-38-35-32-29-26-23-20-17-14-11-8-5-2/h7,9-10,12,16,18-19,21,23,25-28,30,32,34-37,39,41,43-46,48,72H,4-6,8,11,13-15,17,20,22,24,29,31,33,38,40,42,47,49-71H2,1-3H3/b10-7-,12-9-,19-16-,21-18-,26-23-,28-25-,30-27-,35-32-,37-34-,39-36-,44-41-,46-43-,48-45-. The highest BCUT2D eigenvalue weighted by molar-refractivity contribution is 5.71. The van der Waals surface area contributed by atoms with Crippen LogP contribution in [0.5, 0.6) is 0 Å². The maximum absolute atomic E-state index is 12.9. The summed E-state index contributed by atoms with van der Waals surface area (Å²) >= 11 is 0. The van der Waals surface area contributed by atoms with Gasteiger partial charge in [-0.1, -0.05) is 269 Å². The van der Waals surface area contributed by atoms with Gasteiger partial charge in [0.05, 0.1) is 0 Å². The molecule has 0 saturated carbocycles. The fourth-order valence-corrected chi connectivity index (χ4v) is 8.62. The van der Waals surface area contributed by atoms with Gasteiger partial charge >= 0.3 is 17.9 Å². The largest absolute Gasteiger partial charge is 0.462 e. The summed E-state index contributed by atoms with van der Waals surface area (Å²) in [6.07, 6.45) is 98.1. The maximum Gasteiger partial charge on any atom is 0.306 e. The molecule has 81 heavy (non-hydrogen) atoms. The van der Waals surface area contributed by atoms with Crippen LogP contribution in [0.1, 0.15) is 278 Å². The number of ether oxygens (including phenoxy) is 3. The summed E-state index contributed by atoms with van der Waals surface area (Å²) in [7, 11) is 0. The zero-order valence-corrected chi connectivity index (χ0v) is 52.2. The number of carbonyl (C=O) groups excluding carboxylic acids is 3. The summed E-state index contributed by atoms with van der Waals surface area (Å²) in [6, 6.07) is 0. The molecule has 0 rings (SSSR count). The van der Waals surface area contributed by atoms with Crippen molar-refractivity contribution >= 4 is 17.9 Å². The third-order valence-electron chi connectivity index (χ3n) is 13.5. The lowest BCUT2D eigenvalue weighted by Crippen LogP contribution is -2.30. The molecule has 0 amide bonds. The van der Waals surface area contributed by atoms with Crippen molar-refractivity contribution in [1.82, 2.24) is 0 Å². The molecule has 0 radical (unpaired) electrons. The molecule has 0 spiro atoms. The number of esters is 3. The van der Waals surface area contributed by atoms with Crippen LogP contribution in [0.25, 0.3) is 0 Å². The normalized spacial score (nSPS) is 13.2. The van der Waals surface area contributed by atoms with Gasteiger partial charge < -0.3 is 14.2 Å². The molecule has 0 aliphatic rings. The minimum absolute atomic E-state index is 0.106. The van der Waals surface area contributed by atoms with Crippen LogP contribution >= 0.6 is 0 Å². The number of carbonyl (C=O) groups is 3. The van der Waals surface area contributed by atoms with Gasteiger partial charge in [0.15, 0.2) is 6.10 Å². The molecular formula is C75H120O6. The Morgan fingerprint density at radius 2 is 0.481 bits per heavy atom. The second-order valence-corrected chi connectivity index (χ2v) is 21.3. The number of rotatable bonds is 58. The molecule has 0 N–H and O–H groups in total. The zero-order chi connectivity index (χ0) is 58.5. The van der Waals surface area contributed by atoms with Crippen LogP contribution in [0, 0.1) is 0 Å². The Morgan fingerprint density at radius 1 is 0.259 bits per heavy atom. The molecule has 0 heterocycles. The van der Waals surface area contributed by atoms with E-state index in [2.05, 4.69) is 179 Å². The van der Waals surface area contributed by atoms with Crippen molar-refractivity contribution in [1.29, 1.82) is 0 Å². The Balaban J connectivity index is 4.53. The Morgan fingerprint density at radius 3 is 0.753 bits per heavy atom. The molecular weight excluding hydrogens is 997 g/mol. The summed E-state index contributed by atoms with van der Waals surface area (Å²) in [4.78, 5) is 38.4. The predicted molar refractivity (Wildman–Crippen MR) is 352 cm³/mol. The van der Waals surface area contributed by atoms with Gasteiger partial charge in [0.2, 0.25) is 0 Å².